The van der Waals surface area contributed by atoms with Crippen LogP contribution in [0.3, 0.4) is 0 Å². The second-order valence-corrected chi connectivity index (χ2v) is 4.41. The molecule has 1 fully saturated rings. The molecule has 1 heterocycles. The largest absolute Gasteiger partial charge is 0.308 e. The van der Waals surface area contributed by atoms with Gasteiger partial charge >= 0.3 is 0 Å². The van der Waals surface area contributed by atoms with E-state index >= 15 is 0 Å². The number of hydrogen-bond donors (Lipinski definition) is 1. The van der Waals surface area contributed by atoms with Crippen molar-refractivity contribution in [3.05, 3.63) is 30.1 Å². The van der Waals surface area contributed by atoms with Crippen molar-refractivity contribution in [2.45, 2.75) is 45.2 Å². The highest BCUT2D eigenvalue weighted by Crippen LogP contribution is 2.28. The smallest absolute Gasteiger partial charge is 0.0541 e. The fraction of sp³-hybridized carbons (Fsp3) is 0.615. The van der Waals surface area contributed by atoms with E-state index in [4.69, 9.17) is 0 Å². The van der Waals surface area contributed by atoms with Crippen molar-refractivity contribution in [2.24, 2.45) is 5.92 Å². The standard InChI is InChI=1S/C13H20N2/c1-2-11-6-5-8-13(11)15-10-12-7-3-4-9-14-12/h3-4,7,9,11,13,15H,2,5-6,8,10H2,1H3. The van der Waals surface area contributed by atoms with Crippen LogP contribution < -0.4 is 5.32 Å². The van der Waals surface area contributed by atoms with Crippen molar-refractivity contribution in [2.75, 3.05) is 0 Å². The van der Waals surface area contributed by atoms with E-state index in [0.717, 1.165) is 24.2 Å². The van der Waals surface area contributed by atoms with Crippen LogP contribution in [0.15, 0.2) is 24.4 Å². The Balaban J connectivity index is 1.83. The lowest BCUT2D eigenvalue weighted by atomic mass is 10.0. The molecule has 2 nitrogen and oxygen atoms in total. The Kier molecular flexibility index (Phi) is 3.73. The minimum absolute atomic E-state index is 0.719. The third kappa shape index (κ3) is 2.78. The van der Waals surface area contributed by atoms with Gasteiger partial charge in [0, 0.05) is 18.8 Å². The van der Waals surface area contributed by atoms with E-state index in [1.165, 1.54) is 25.7 Å². The average Bonchev–Trinajstić information content (AvgIpc) is 2.75. The lowest BCUT2D eigenvalue weighted by Gasteiger charge is -2.19. The van der Waals surface area contributed by atoms with Crippen LogP contribution in [0.25, 0.3) is 0 Å². The number of rotatable bonds is 4. The number of aromatic nitrogens is 1. The van der Waals surface area contributed by atoms with Gasteiger partial charge in [-0.1, -0.05) is 25.8 Å². The highest BCUT2D eigenvalue weighted by atomic mass is 14.9. The lowest BCUT2D eigenvalue weighted by molar-refractivity contribution is 0.388. The third-order valence-electron chi connectivity index (χ3n) is 3.45. The second-order valence-electron chi connectivity index (χ2n) is 4.41. The monoisotopic (exact) mass is 204 g/mol. The van der Waals surface area contributed by atoms with E-state index in [1.807, 2.05) is 12.3 Å². The Morgan fingerprint density at radius 2 is 2.33 bits per heavy atom. The van der Waals surface area contributed by atoms with Crippen LogP contribution >= 0.6 is 0 Å². The highest BCUT2D eigenvalue weighted by Gasteiger charge is 2.24. The van der Waals surface area contributed by atoms with Crippen LogP contribution in [-0.4, -0.2) is 11.0 Å². The zero-order valence-electron chi connectivity index (χ0n) is 9.45. The van der Waals surface area contributed by atoms with Crippen molar-refractivity contribution in [1.82, 2.24) is 10.3 Å². The van der Waals surface area contributed by atoms with Crippen LogP contribution in [0.1, 0.15) is 38.3 Å². The summed E-state index contributed by atoms with van der Waals surface area (Å²) in [6.45, 7) is 3.22. The second kappa shape index (κ2) is 5.26. The van der Waals surface area contributed by atoms with E-state index in [0.29, 0.717) is 0 Å². The van der Waals surface area contributed by atoms with E-state index < -0.39 is 0 Å². The van der Waals surface area contributed by atoms with Gasteiger partial charge in [0.05, 0.1) is 5.69 Å². The summed E-state index contributed by atoms with van der Waals surface area (Å²) in [5.41, 5.74) is 1.15. The fourth-order valence-electron chi connectivity index (χ4n) is 2.53. The van der Waals surface area contributed by atoms with Gasteiger partial charge in [-0.15, -0.1) is 0 Å². The maximum atomic E-state index is 4.33. The number of nitrogens with one attached hydrogen (secondary N) is 1. The molecule has 2 atom stereocenters. The molecule has 1 saturated carbocycles. The van der Waals surface area contributed by atoms with Gasteiger partial charge in [-0.25, -0.2) is 0 Å². The van der Waals surface area contributed by atoms with Crippen molar-refractivity contribution >= 4 is 0 Å². The summed E-state index contributed by atoms with van der Waals surface area (Å²) in [5.74, 6) is 0.883. The zero-order chi connectivity index (χ0) is 10.5. The third-order valence-corrected chi connectivity index (χ3v) is 3.45. The molecule has 1 aromatic rings. The number of nitrogens with zero attached hydrogens (tertiary/aromatic N) is 1. The average molecular weight is 204 g/mol. The molecule has 15 heavy (non-hydrogen) atoms. The molecule has 0 saturated heterocycles. The van der Waals surface area contributed by atoms with Crippen LogP contribution in [0, 0.1) is 5.92 Å². The molecule has 0 bridgehead atoms. The van der Waals surface area contributed by atoms with Gasteiger partial charge in [-0.05, 0) is 30.9 Å². The minimum Gasteiger partial charge on any atom is -0.308 e. The molecular weight excluding hydrogens is 184 g/mol. The van der Waals surface area contributed by atoms with Crippen LogP contribution in [-0.2, 0) is 6.54 Å². The molecule has 0 spiro atoms. The predicted molar refractivity (Wildman–Crippen MR) is 62.5 cm³/mol. The summed E-state index contributed by atoms with van der Waals surface area (Å²) in [4.78, 5) is 4.33. The molecule has 1 aliphatic carbocycles. The molecule has 0 aromatic carbocycles. The maximum absolute atomic E-state index is 4.33. The first-order valence-electron chi connectivity index (χ1n) is 6.03. The Morgan fingerprint density at radius 3 is 3.07 bits per heavy atom. The Labute approximate surface area is 92.1 Å². The Bertz CT molecular complexity index is 284. The summed E-state index contributed by atoms with van der Waals surface area (Å²) in [5, 5.41) is 3.64. The Morgan fingerprint density at radius 1 is 1.40 bits per heavy atom. The van der Waals surface area contributed by atoms with Crippen molar-refractivity contribution in [3.63, 3.8) is 0 Å². The summed E-state index contributed by atoms with van der Waals surface area (Å²) in [6, 6.07) is 6.82. The van der Waals surface area contributed by atoms with Gasteiger partial charge < -0.3 is 5.32 Å². The van der Waals surface area contributed by atoms with Crippen LogP contribution in [0.5, 0.6) is 0 Å². The predicted octanol–water partition coefficient (Wildman–Crippen LogP) is 2.75. The molecule has 1 aliphatic rings. The van der Waals surface area contributed by atoms with Crippen molar-refractivity contribution < 1.29 is 0 Å². The van der Waals surface area contributed by atoms with Gasteiger partial charge in [0.2, 0.25) is 0 Å². The maximum Gasteiger partial charge on any atom is 0.0541 e. The van der Waals surface area contributed by atoms with Gasteiger partial charge in [0.15, 0.2) is 0 Å². The van der Waals surface area contributed by atoms with E-state index in [-0.39, 0.29) is 0 Å². The topological polar surface area (TPSA) is 24.9 Å². The van der Waals surface area contributed by atoms with Gasteiger partial charge in [-0.2, -0.15) is 0 Å². The lowest BCUT2D eigenvalue weighted by Crippen LogP contribution is -2.31. The molecule has 2 rings (SSSR count). The quantitative estimate of drug-likeness (QED) is 0.815. The SMILES string of the molecule is CCC1CCCC1NCc1ccccn1. The Hall–Kier alpha value is -0.890. The molecule has 0 amide bonds. The normalized spacial score (nSPS) is 25.7. The van der Waals surface area contributed by atoms with Gasteiger partial charge in [0.1, 0.15) is 0 Å². The van der Waals surface area contributed by atoms with Crippen LogP contribution in [0.4, 0.5) is 0 Å². The minimum atomic E-state index is 0.719. The van der Waals surface area contributed by atoms with E-state index in [1.54, 1.807) is 0 Å². The molecular formula is C13H20N2. The molecule has 1 aromatic heterocycles. The molecule has 82 valence electrons. The number of hydrogen-bond acceptors (Lipinski definition) is 2. The van der Waals surface area contributed by atoms with Gasteiger partial charge in [-0.3, -0.25) is 4.98 Å². The first-order chi connectivity index (χ1) is 7.40. The number of pyridine rings is 1. The van der Waals surface area contributed by atoms with Crippen LogP contribution in [0.2, 0.25) is 0 Å². The summed E-state index contributed by atoms with van der Waals surface area (Å²) < 4.78 is 0. The molecule has 2 unspecified atom stereocenters. The summed E-state index contributed by atoms with van der Waals surface area (Å²) >= 11 is 0. The highest BCUT2D eigenvalue weighted by molar-refractivity contribution is 5.03. The molecule has 2 heteroatoms. The van der Waals surface area contributed by atoms with Crippen molar-refractivity contribution in [3.8, 4) is 0 Å². The fourth-order valence-corrected chi connectivity index (χ4v) is 2.53. The van der Waals surface area contributed by atoms with Crippen molar-refractivity contribution in [1.29, 1.82) is 0 Å². The summed E-state index contributed by atoms with van der Waals surface area (Å²) in [7, 11) is 0. The molecule has 0 aliphatic heterocycles. The first kappa shape index (κ1) is 10.6. The van der Waals surface area contributed by atoms with Gasteiger partial charge in [0.25, 0.3) is 0 Å². The molecule has 1 N–H and O–H groups in total. The van der Waals surface area contributed by atoms with E-state index in [2.05, 4.69) is 29.4 Å². The summed E-state index contributed by atoms with van der Waals surface area (Å²) in [6.07, 6.45) is 7.29. The molecule has 0 radical (unpaired) electrons. The first-order valence-corrected chi connectivity index (χ1v) is 6.03. The van der Waals surface area contributed by atoms with E-state index in [9.17, 15) is 0 Å². The zero-order valence-corrected chi connectivity index (χ0v) is 9.45.